The molecular formula is C17H21F2N3O3. The molecule has 2 rings (SSSR count). The Balaban J connectivity index is 2.48. The number of nitrogens with zero attached hydrogens (tertiary/aromatic N) is 3. The highest BCUT2D eigenvalue weighted by Crippen LogP contribution is 2.30. The van der Waals surface area contributed by atoms with E-state index in [4.69, 9.17) is 9.57 Å². The normalized spacial score (nSPS) is 11.1. The molecule has 0 unspecified atom stereocenters. The molecule has 25 heavy (non-hydrogen) atoms. The zero-order chi connectivity index (χ0) is 18.7. The van der Waals surface area contributed by atoms with E-state index < -0.39 is 23.1 Å². The van der Waals surface area contributed by atoms with Crippen LogP contribution in [-0.4, -0.2) is 39.9 Å². The number of hydrogen-bond donors (Lipinski definition) is 0. The highest BCUT2D eigenvalue weighted by Gasteiger charge is 2.29. The van der Waals surface area contributed by atoms with E-state index in [-0.39, 0.29) is 23.6 Å². The maximum absolute atomic E-state index is 14.4. The summed E-state index contributed by atoms with van der Waals surface area (Å²) in [6.45, 7) is 7.22. The van der Waals surface area contributed by atoms with E-state index in [1.54, 1.807) is 27.7 Å². The monoisotopic (exact) mass is 353 g/mol. The first kappa shape index (κ1) is 18.7. The lowest BCUT2D eigenvalue weighted by Crippen LogP contribution is -2.42. The number of aromatic nitrogens is 2. The smallest absolute Gasteiger partial charge is 0.261 e. The molecule has 8 heteroatoms. The van der Waals surface area contributed by atoms with Gasteiger partial charge in [0.1, 0.15) is 24.6 Å². The molecule has 0 radical (unpaired) electrons. The van der Waals surface area contributed by atoms with Gasteiger partial charge in [0.15, 0.2) is 17.4 Å². The maximum Gasteiger partial charge on any atom is 0.261 e. The van der Waals surface area contributed by atoms with Gasteiger partial charge in [-0.1, -0.05) is 0 Å². The Kier molecular flexibility index (Phi) is 5.61. The quantitative estimate of drug-likeness (QED) is 0.800. The molecule has 0 N–H and O–H groups in total. The van der Waals surface area contributed by atoms with Crippen LogP contribution in [0.1, 0.15) is 38.1 Å². The van der Waals surface area contributed by atoms with Crippen molar-refractivity contribution in [1.82, 2.24) is 14.8 Å². The first-order valence-corrected chi connectivity index (χ1v) is 7.83. The zero-order valence-electron chi connectivity index (χ0n) is 14.8. The van der Waals surface area contributed by atoms with Crippen LogP contribution in [0.5, 0.6) is 11.5 Å². The Morgan fingerprint density at radius 2 is 1.84 bits per heavy atom. The molecule has 6 nitrogen and oxygen atoms in total. The van der Waals surface area contributed by atoms with Gasteiger partial charge >= 0.3 is 0 Å². The number of benzene rings is 1. The molecular weight excluding hydrogens is 332 g/mol. The van der Waals surface area contributed by atoms with E-state index >= 15 is 0 Å². The van der Waals surface area contributed by atoms with Crippen molar-refractivity contribution in [3.63, 3.8) is 0 Å². The fraction of sp³-hybridized carbons (Fsp3) is 0.412. The van der Waals surface area contributed by atoms with Crippen LogP contribution in [0.15, 0.2) is 24.5 Å². The summed E-state index contributed by atoms with van der Waals surface area (Å²) in [5.74, 6) is -2.87. The minimum atomic E-state index is -1.24. The second-order valence-electron chi connectivity index (χ2n) is 6.00. The molecule has 1 amide bonds. The van der Waals surface area contributed by atoms with Gasteiger partial charge in [-0.3, -0.25) is 4.79 Å². The molecule has 0 aliphatic carbocycles. The second kappa shape index (κ2) is 7.50. The van der Waals surface area contributed by atoms with Crippen molar-refractivity contribution >= 4 is 5.91 Å². The van der Waals surface area contributed by atoms with Crippen LogP contribution >= 0.6 is 0 Å². The van der Waals surface area contributed by atoms with Gasteiger partial charge in [-0.25, -0.2) is 8.78 Å². The average molecular weight is 353 g/mol. The van der Waals surface area contributed by atoms with Gasteiger partial charge in [-0.15, -0.1) is 9.94 Å². The van der Waals surface area contributed by atoms with E-state index in [1.165, 1.54) is 30.5 Å². The molecule has 0 saturated heterocycles. The Morgan fingerprint density at radius 1 is 1.20 bits per heavy atom. The minimum absolute atomic E-state index is 0.0918. The van der Waals surface area contributed by atoms with Crippen molar-refractivity contribution in [3.05, 3.63) is 41.7 Å². The summed E-state index contributed by atoms with van der Waals surface area (Å²) < 4.78 is 33.7. The largest absolute Gasteiger partial charge is 0.453 e. The van der Waals surface area contributed by atoms with Crippen molar-refractivity contribution in [2.75, 3.05) is 7.11 Å². The highest BCUT2D eigenvalue weighted by atomic mass is 19.2. The molecule has 136 valence electrons. The Hall–Kier alpha value is -2.64. The van der Waals surface area contributed by atoms with Crippen molar-refractivity contribution in [1.29, 1.82) is 0 Å². The fourth-order valence-corrected chi connectivity index (χ4v) is 2.58. The topological polar surface area (TPSA) is 56.6 Å². The summed E-state index contributed by atoms with van der Waals surface area (Å²) in [5.41, 5.74) is -0.451. The van der Waals surface area contributed by atoms with E-state index in [9.17, 15) is 13.6 Å². The van der Waals surface area contributed by atoms with Gasteiger partial charge in [-0.05, 0) is 39.8 Å². The summed E-state index contributed by atoms with van der Waals surface area (Å²) in [4.78, 5) is 20.3. The number of halogens is 2. The van der Waals surface area contributed by atoms with Crippen molar-refractivity contribution in [2.45, 2.75) is 39.8 Å². The third kappa shape index (κ3) is 3.89. The van der Waals surface area contributed by atoms with Gasteiger partial charge in [0.25, 0.3) is 5.91 Å². The molecule has 0 fully saturated rings. The Bertz CT molecular complexity index is 752. The van der Waals surface area contributed by atoms with E-state index in [0.29, 0.717) is 0 Å². The maximum atomic E-state index is 14.4. The van der Waals surface area contributed by atoms with Crippen LogP contribution in [0.25, 0.3) is 0 Å². The SMILES string of the molecule is COn1cc(Oc2ccc(F)c(F)c2C(=O)N(C(C)C)C(C)C)cn1. The Morgan fingerprint density at radius 3 is 2.36 bits per heavy atom. The van der Waals surface area contributed by atoms with Crippen LogP contribution < -0.4 is 9.57 Å². The third-order valence-corrected chi connectivity index (χ3v) is 3.57. The van der Waals surface area contributed by atoms with Crippen LogP contribution in [0, 0.1) is 11.6 Å². The highest BCUT2D eigenvalue weighted by molar-refractivity contribution is 5.97. The number of hydrogen-bond acceptors (Lipinski definition) is 4. The number of rotatable bonds is 6. The molecule has 0 aliphatic heterocycles. The van der Waals surface area contributed by atoms with Crippen molar-refractivity contribution < 1.29 is 23.1 Å². The molecule has 0 aliphatic rings. The molecule has 1 aromatic carbocycles. The van der Waals surface area contributed by atoms with Gasteiger partial charge in [0, 0.05) is 12.1 Å². The second-order valence-corrected chi connectivity index (χ2v) is 6.00. The molecule has 0 atom stereocenters. The van der Waals surface area contributed by atoms with E-state index in [0.717, 1.165) is 10.9 Å². The van der Waals surface area contributed by atoms with Gasteiger partial charge < -0.3 is 14.5 Å². The molecule has 2 aromatic rings. The molecule has 1 aromatic heterocycles. The summed E-state index contributed by atoms with van der Waals surface area (Å²) in [6, 6.07) is 1.74. The van der Waals surface area contributed by atoms with Crippen LogP contribution in [0.3, 0.4) is 0 Å². The number of amides is 1. The first-order chi connectivity index (χ1) is 11.8. The molecule has 0 spiro atoms. The van der Waals surface area contributed by atoms with Crippen LogP contribution in [-0.2, 0) is 0 Å². The molecule has 0 bridgehead atoms. The van der Waals surface area contributed by atoms with E-state index in [1.807, 2.05) is 0 Å². The lowest BCUT2D eigenvalue weighted by molar-refractivity contribution is 0.0635. The summed E-state index contributed by atoms with van der Waals surface area (Å²) in [5, 5.41) is 3.84. The lowest BCUT2D eigenvalue weighted by Gasteiger charge is -2.31. The standard InChI is InChI=1S/C17H21F2N3O3/c1-10(2)22(11(3)4)17(23)15-14(7-6-13(18)16(15)19)25-12-8-20-21(9-12)24-5/h6-11H,1-5H3. The number of ether oxygens (including phenoxy) is 1. The summed E-state index contributed by atoms with van der Waals surface area (Å²) >= 11 is 0. The predicted molar refractivity (Wildman–Crippen MR) is 87.6 cm³/mol. The average Bonchev–Trinajstić information content (AvgIpc) is 2.98. The van der Waals surface area contributed by atoms with Crippen molar-refractivity contribution in [2.24, 2.45) is 0 Å². The summed E-state index contributed by atoms with van der Waals surface area (Å²) in [6.07, 6.45) is 2.74. The predicted octanol–water partition coefficient (Wildman–Crippen LogP) is 3.27. The van der Waals surface area contributed by atoms with Gasteiger partial charge in [-0.2, -0.15) is 0 Å². The van der Waals surface area contributed by atoms with Gasteiger partial charge in [0.2, 0.25) is 0 Å². The van der Waals surface area contributed by atoms with E-state index in [2.05, 4.69) is 5.10 Å². The van der Waals surface area contributed by atoms with Gasteiger partial charge in [0.05, 0.1) is 6.20 Å². The fourth-order valence-electron chi connectivity index (χ4n) is 2.58. The Labute approximate surface area is 144 Å². The lowest BCUT2D eigenvalue weighted by atomic mass is 10.1. The minimum Gasteiger partial charge on any atom is -0.453 e. The molecule has 0 saturated carbocycles. The number of carbonyl (C=O) groups is 1. The summed E-state index contributed by atoms with van der Waals surface area (Å²) in [7, 11) is 1.41. The number of carbonyl (C=O) groups excluding carboxylic acids is 1. The van der Waals surface area contributed by atoms with Crippen molar-refractivity contribution in [3.8, 4) is 11.5 Å². The van der Waals surface area contributed by atoms with Crippen LogP contribution in [0.4, 0.5) is 8.78 Å². The zero-order valence-corrected chi connectivity index (χ0v) is 14.8. The molecule has 1 heterocycles. The van der Waals surface area contributed by atoms with Crippen LogP contribution in [0.2, 0.25) is 0 Å². The first-order valence-electron chi connectivity index (χ1n) is 7.83. The third-order valence-electron chi connectivity index (χ3n) is 3.57.